The number of nitrogens with zero attached hydrogens (tertiary/aromatic N) is 2. The van der Waals surface area contributed by atoms with E-state index in [9.17, 15) is 43.9 Å². The largest absolute Gasteiger partial charge is 0.460 e. The predicted molar refractivity (Wildman–Crippen MR) is 304 cm³/mol. The van der Waals surface area contributed by atoms with Crippen molar-refractivity contribution in [3.63, 3.8) is 0 Å². The van der Waals surface area contributed by atoms with Gasteiger partial charge in [-0.3, -0.25) is 23.7 Å². The van der Waals surface area contributed by atoms with E-state index in [-0.39, 0.29) is 54.8 Å². The van der Waals surface area contributed by atoms with Crippen LogP contribution in [0.4, 0.5) is 0 Å². The number of fused-ring (bicyclic) bond motifs is 3. The minimum absolute atomic E-state index is 0.0193. The third-order valence-corrected chi connectivity index (χ3v) is 19.1. The fourth-order valence-corrected chi connectivity index (χ4v) is 14.0. The van der Waals surface area contributed by atoms with Crippen molar-refractivity contribution in [1.82, 2.24) is 14.7 Å². The average molecular weight is 1180 g/mol. The molecule has 4 fully saturated rings. The zero-order valence-electron chi connectivity index (χ0n) is 48.5. The number of amides is 1. The lowest BCUT2D eigenvalue weighted by Crippen LogP contribution is -2.61. The highest BCUT2D eigenvalue weighted by Gasteiger charge is 2.53. The molecule has 4 N–H and O–H groups in total. The summed E-state index contributed by atoms with van der Waals surface area (Å²) in [6, 6.07) is -1.14. The molecule has 0 aromatic heterocycles. The number of aliphatic hydroxyl groups is 3. The first-order valence-electron chi connectivity index (χ1n) is 28.5. The molecule has 21 heteroatoms. The highest BCUT2D eigenvalue weighted by molar-refractivity contribution is 7.54. The van der Waals surface area contributed by atoms with Gasteiger partial charge in [-0.15, -0.1) is 23.2 Å². The van der Waals surface area contributed by atoms with Crippen molar-refractivity contribution in [2.24, 2.45) is 35.5 Å². The molecule has 4 aliphatic heterocycles. The number of rotatable bonds is 11. The molecule has 0 spiro atoms. The number of Topliss-reactive ketones (excluding diaryl/α,β-unsaturated/α-hetero) is 3. The fourth-order valence-electron chi connectivity index (χ4n) is 11.4. The van der Waals surface area contributed by atoms with E-state index >= 15 is 0 Å². The number of ether oxygens (including phenoxy) is 5. The first-order valence-corrected chi connectivity index (χ1v) is 31.2. The standard InChI is InChI=1S/C51H79NO13.C7H15Cl2N2O2P/c1-30-16-12-11-13-17-31(2)42(61-8)28-38-21-19-36(7)51(60,65-38)48(57)49(58)52-23-15-14-18-39(52)50(59)64-43(33(4)26-37-20-22-40(53)44(27-37)62-9)29-41(54)32(3)25-35(6)46(56)47(63-10)45(55)34(5)24-30;8-2-4-10-14(12)11(6-3-9)5-1-7-13-14/h11-13,16-17,25,30,32-34,36-40,42-44,46-47,53,56,60H,14-15,18-24,26-29H2,1-10H3;1-7H2,(H,10,12)/b13-11+,16-12+,31-17+,35-25+;/t30-,32-,33-,34-,36-,37+,38+,39+,40-,42+,43+,44-,46-,47+,51-;/m1./s1. The molecule has 5 aliphatic rings. The molecular weight excluding hydrogens is 1080 g/mol. The molecule has 1 saturated carbocycles. The summed E-state index contributed by atoms with van der Waals surface area (Å²) >= 11 is 11.1. The number of esters is 1. The van der Waals surface area contributed by atoms with Gasteiger partial charge in [0.2, 0.25) is 5.79 Å². The molecule has 18 nitrogen and oxygen atoms in total. The summed E-state index contributed by atoms with van der Waals surface area (Å²) in [5, 5.41) is 36.7. The highest BCUT2D eigenvalue weighted by atomic mass is 35.5. The molecule has 1 unspecified atom stereocenters. The van der Waals surface area contributed by atoms with Crippen molar-refractivity contribution >= 4 is 60.1 Å². The number of piperidine rings is 1. The molecule has 4 heterocycles. The molecule has 0 aromatic carbocycles. The third-order valence-electron chi connectivity index (χ3n) is 16.4. The lowest BCUT2D eigenvalue weighted by molar-refractivity contribution is -0.265. The minimum Gasteiger partial charge on any atom is -0.460 e. The van der Waals surface area contributed by atoms with Crippen LogP contribution in [0.25, 0.3) is 0 Å². The van der Waals surface area contributed by atoms with Crippen LogP contribution >= 0.6 is 30.9 Å². The quantitative estimate of drug-likeness (QED) is 0.0503. The van der Waals surface area contributed by atoms with Crippen molar-refractivity contribution in [3.05, 3.63) is 47.6 Å². The Morgan fingerprint density at radius 1 is 0.861 bits per heavy atom. The van der Waals surface area contributed by atoms with Gasteiger partial charge < -0.3 is 48.4 Å². The molecule has 0 radical (unpaired) electrons. The Labute approximate surface area is 480 Å². The molecule has 0 aromatic rings. The van der Waals surface area contributed by atoms with Gasteiger partial charge in [0.25, 0.3) is 11.7 Å². The number of carbonyl (C=O) groups is 5. The summed E-state index contributed by atoms with van der Waals surface area (Å²) in [5.74, 6) is -7.09. The van der Waals surface area contributed by atoms with E-state index in [1.807, 2.05) is 58.1 Å². The number of ketones is 3. The highest BCUT2D eigenvalue weighted by Crippen LogP contribution is 2.49. The van der Waals surface area contributed by atoms with Crippen LogP contribution in [0, 0.1) is 35.5 Å². The Bertz CT molecular complexity index is 2160. The van der Waals surface area contributed by atoms with E-state index in [0.29, 0.717) is 94.8 Å². The van der Waals surface area contributed by atoms with Crippen molar-refractivity contribution < 1.29 is 72.1 Å². The van der Waals surface area contributed by atoms with Crippen molar-refractivity contribution in [1.29, 1.82) is 0 Å². The normalized spacial score (nSPS) is 38.4. The third kappa shape index (κ3) is 19.7. The van der Waals surface area contributed by atoms with Crippen molar-refractivity contribution in [2.75, 3.05) is 65.9 Å². The van der Waals surface area contributed by atoms with E-state index in [2.05, 4.69) is 5.09 Å². The minimum atomic E-state index is -2.84. The second-order valence-corrected chi connectivity index (χ2v) is 25.5. The van der Waals surface area contributed by atoms with Gasteiger partial charge in [-0.1, -0.05) is 71.1 Å². The van der Waals surface area contributed by atoms with Gasteiger partial charge in [0, 0.05) is 89.9 Å². The van der Waals surface area contributed by atoms with E-state index < -0.39 is 91.5 Å². The number of halogens is 2. The number of aliphatic hydroxyl groups excluding tert-OH is 2. The molecule has 450 valence electrons. The van der Waals surface area contributed by atoms with Gasteiger partial charge >= 0.3 is 13.6 Å². The Morgan fingerprint density at radius 3 is 2.27 bits per heavy atom. The first-order chi connectivity index (χ1) is 37.5. The van der Waals surface area contributed by atoms with Crippen LogP contribution < -0.4 is 5.09 Å². The summed E-state index contributed by atoms with van der Waals surface area (Å²) in [5.41, 5.74) is 1.27. The summed E-state index contributed by atoms with van der Waals surface area (Å²) in [6.07, 6.45) is 12.1. The maximum absolute atomic E-state index is 14.4. The van der Waals surface area contributed by atoms with Crippen LogP contribution in [-0.2, 0) is 56.7 Å². The second kappa shape index (κ2) is 33.6. The second-order valence-electron chi connectivity index (χ2n) is 22.5. The lowest BCUT2D eigenvalue weighted by atomic mass is 9.78. The zero-order chi connectivity index (χ0) is 58.6. The van der Waals surface area contributed by atoms with Gasteiger partial charge in [0.15, 0.2) is 5.78 Å². The molecule has 1 aliphatic carbocycles. The van der Waals surface area contributed by atoms with Gasteiger partial charge in [-0.25, -0.2) is 14.6 Å². The Kier molecular flexibility index (Phi) is 29.2. The fraction of sp³-hybridized carbons (Fsp3) is 0.776. The first kappa shape index (κ1) is 68.8. The molecule has 79 heavy (non-hydrogen) atoms. The van der Waals surface area contributed by atoms with Gasteiger partial charge in [0.1, 0.15) is 30.1 Å². The van der Waals surface area contributed by atoms with Crippen molar-refractivity contribution in [2.45, 2.75) is 186 Å². The topological polar surface area (TPSA) is 237 Å². The molecule has 16 atom stereocenters. The number of cyclic esters (lactones) is 1. The lowest BCUT2D eigenvalue weighted by Gasteiger charge is -2.42. The molecular formula is C58H94Cl2N3O15P. The molecule has 1 amide bonds. The predicted octanol–water partition coefficient (Wildman–Crippen LogP) is 8.06. The van der Waals surface area contributed by atoms with Crippen LogP contribution in [0.15, 0.2) is 47.6 Å². The van der Waals surface area contributed by atoms with Crippen molar-refractivity contribution in [3.8, 4) is 0 Å². The van der Waals surface area contributed by atoms with E-state index in [4.69, 9.17) is 51.4 Å². The average Bonchev–Trinajstić information content (AvgIpc) is 3.46. The number of alkyl halides is 2. The number of carbonyl (C=O) groups excluding carboxylic acids is 5. The Morgan fingerprint density at radius 2 is 1.59 bits per heavy atom. The van der Waals surface area contributed by atoms with Crippen LogP contribution in [0.5, 0.6) is 0 Å². The molecule has 3 saturated heterocycles. The van der Waals surface area contributed by atoms with Gasteiger partial charge in [0.05, 0.1) is 31.0 Å². The number of nitrogens with one attached hydrogen (secondary N) is 1. The Hall–Kier alpha value is -2.68. The molecule has 2 bridgehead atoms. The molecule has 5 rings (SSSR count). The summed E-state index contributed by atoms with van der Waals surface area (Å²) in [7, 11) is 1.68. The monoisotopic (exact) mass is 1170 g/mol. The maximum Gasteiger partial charge on any atom is 0.343 e. The number of hydrogen-bond acceptors (Lipinski definition) is 15. The van der Waals surface area contributed by atoms with E-state index in [1.54, 1.807) is 45.7 Å². The van der Waals surface area contributed by atoms with Gasteiger partial charge in [-0.2, -0.15) is 0 Å². The smallest absolute Gasteiger partial charge is 0.343 e. The number of allylic oxidation sites excluding steroid dienone is 6. The van der Waals surface area contributed by atoms with Crippen LogP contribution in [-0.4, -0.2) is 175 Å². The van der Waals surface area contributed by atoms with Crippen LogP contribution in [0.1, 0.15) is 132 Å². The van der Waals surface area contributed by atoms with Gasteiger partial charge in [-0.05, 0) is 113 Å². The summed E-state index contributed by atoms with van der Waals surface area (Å²) in [4.78, 5) is 71.8. The summed E-state index contributed by atoms with van der Waals surface area (Å²) < 4.78 is 48.6. The number of hydrogen-bond donors (Lipinski definition) is 4. The SMILES string of the molecule is CO[C@H]1C[C@@H]2CC[C@@H](C)[C@@](O)(O2)C(=O)C(=O)N2CCCC[C@H]2C(=O)O[C@H]([C@H](C)C[C@@H]2CC[C@@H](O)[C@H](OC)C2)CC(=O)[C@H](C)/C=C(\C)[C@@H](O)[C@@H](OC)C(=O)[C@H](C)C[C@H](C)/C=C/C=C/C=C/1C.O=P1(NCCCl)OCCCN1CCCl. The van der Waals surface area contributed by atoms with E-state index in [1.165, 1.54) is 12.0 Å². The van der Waals surface area contributed by atoms with Crippen LogP contribution in [0.2, 0.25) is 0 Å². The van der Waals surface area contributed by atoms with Crippen LogP contribution in [0.3, 0.4) is 0 Å². The Balaban J connectivity index is 0.000000832. The van der Waals surface area contributed by atoms with E-state index in [0.717, 1.165) is 25.0 Å². The zero-order valence-corrected chi connectivity index (χ0v) is 50.9. The maximum atomic E-state index is 14.4. The number of methoxy groups -OCH3 is 3. The summed E-state index contributed by atoms with van der Waals surface area (Å²) in [6.45, 7) is 15.1.